The van der Waals surface area contributed by atoms with Gasteiger partial charge >= 0.3 is 0 Å². The second kappa shape index (κ2) is 5.46. The van der Waals surface area contributed by atoms with E-state index in [9.17, 15) is 0 Å². The van der Waals surface area contributed by atoms with Gasteiger partial charge in [0.1, 0.15) is 0 Å². The lowest BCUT2D eigenvalue weighted by Crippen LogP contribution is -2.33. The minimum atomic E-state index is 0.0763. The summed E-state index contributed by atoms with van der Waals surface area (Å²) in [5.74, 6) is 0.0763. The van der Waals surface area contributed by atoms with E-state index in [2.05, 4.69) is 10.1 Å². The number of likely N-dealkylation sites (N-methyl/N-ethyl adjacent to an activating group) is 1. The van der Waals surface area contributed by atoms with Gasteiger partial charge in [0.2, 0.25) is 0 Å². The molecule has 0 saturated carbocycles. The van der Waals surface area contributed by atoms with Crippen molar-refractivity contribution in [3.05, 3.63) is 28.8 Å². The lowest BCUT2D eigenvalue weighted by molar-refractivity contribution is 0.193. The highest BCUT2D eigenvalue weighted by Crippen LogP contribution is 2.27. The minimum Gasteiger partial charge on any atom is -0.409 e. The molecule has 1 saturated heterocycles. The fourth-order valence-electron chi connectivity index (χ4n) is 2.09. The van der Waals surface area contributed by atoms with Crippen molar-refractivity contribution in [3.63, 3.8) is 0 Å². The molecule has 5 nitrogen and oxygen atoms in total. The number of ether oxygens (including phenoxy) is 1. The third-order valence-electron chi connectivity index (χ3n) is 3.18. The molecule has 98 valence electrons. The predicted molar refractivity (Wildman–Crippen MR) is 71.6 cm³/mol. The van der Waals surface area contributed by atoms with Crippen molar-refractivity contribution < 1.29 is 9.94 Å². The Morgan fingerprint density at radius 1 is 1.61 bits per heavy atom. The molecule has 2 rings (SSSR count). The molecule has 1 aromatic carbocycles. The van der Waals surface area contributed by atoms with Crippen molar-refractivity contribution in [2.75, 3.05) is 25.2 Å². The summed E-state index contributed by atoms with van der Waals surface area (Å²) in [7, 11) is 1.96. The van der Waals surface area contributed by atoms with Crippen molar-refractivity contribution in [3.8, 4) is 0 Å². The Hall–Kier alpha value is -1.46. The number of rotatable bonds is 3. The first kappa shape index (κ1) is 13.0. The number of amidine groups is 1. The summed E-state index contributed by atoms with van der Waals surface area (Å²) >= 11 is 6.01. The van der Waals surface area contributed by atoms with E-state index in [1.54, 1.807) is 12.1 Å². The van der Waals surface area contributed by atoms with Crippen LogP contribution in [0.1, 0.15) is 12.0 Å². The van der Waals surface area contributed by atoms with Crippen molar-refractivity contribution >= 4 is 23.1 Å². The number of hydrogen-bond acceptors (Lipinski definition) is 4. The van der Waals surface area contributed by atoms with Gasteiger partial charge in [0.05, 0.1) is 12.6 Å². The van der Waals surface area contributed by atoms with Gasteiger partial charge in [0.15, 0.2) is 5.84 Å². The summed E-state index contributed by atoms with van der Waals surface area (Å²) in [5.41, 5.74) is 7.18. The zero-order valence-corrected chi connectivity index (χ0v) is 10.9. The summed E-state index contributed by atoms with van der Waals surface area (Å²) in [6.45, 7) is 1.44. The molecular weight excluding hydrogens is 254 g/mol. The van der Waals surface area contributed by atoms with Gasteiger partial charge in [-0.2, -0.15) is 0 Å². The van der Waals surface area contributed by atoms with E-state index >= 15 is 0 Å². The van der Waals surface area contributed by atoms with E-state index in [0.29, 0.717) is 17.2 Å². The van der Waals surface area contributed by atoms with Crippen molar-refractivity contribution in [2.24, 2.45) is 10.9 Å². The second-order valence-electron chi connectivity index (χ2n) is 4.28. The minimum absolute atomic E-state index is 0.0763. The molecule has 0 aliphatic carbocycles. The molecule has 1 aliphatic rings. The molecule has 0 spiro atoms. The average molecular weight is 270 g/mol. The molecule has 1 unspecified atom stereocenters. The van der Waals surface area contributed by atoms with Crippen LogP contribution in [0.25, 0.3) is 0 Å². The van der Waals surface area contributed by atoms with Gasteiger partial charge in [-0.15, -0.1) is 0 Å². The van der Waals surface area contributed by atoms with E-state index in [0.717, 1.165) is 18.7 Å². The third-order valence-corrected chi connectivity index (χ3v) is 3.41. The van der Waals surface area contributed by atoms with E-state index < -0.39 is 0 Å². The van der Waals surface area contributed by atoms with Gasteiger partial charge in [0, 0.05) is 29.9 Å². The molecule has 1 fully saturated rings. The fraction of sp³-hybridized carbons (Fsp3) is 0.417. The van der Waals surface area contributed by atoms with Crippen LogP contribution < -0.4 is 10.6 Å². The van der Waals surface area contributed by atoms with Gasteiger partial charge in [-0.1, -0.05) is 16.8 Å². The van der Waals surface area contributed by atoms with Gasteiger partial charge < -0.3 is 20.6 Å². The zero-order chi connectivity index (χ0) is 13.1. The molecule has 0 amide bonds. The third kappa shape index (κ3) is 2.52. The maximum atomic E-state index is 8.82. The first-order valence-corrected chi connectivity index (χ1v) is 6.09. The molecule has 18 heavy (non-hydrogen) atoms. The summed E-state index contributed by atoms with van der Waals surface area (Å²) in [6, 6.07) is 5.57. The van der Waals surface area contributed by atoms with Crippen LogP contribution in [-0.2, 0) is 4.74 Å². The van der Waals surface area contributed by atoms with Crippen LogP contribution in [0.2, 0.25) is 5.02 Å². The Morgan fingerprint density at radius 3 is 3.00 bits per heavy atom. The maximum absolute atomic E-state index is 8.82. The first-order chi connectivity index (χ1) is 8.63. The fourth-order valence-corrected chi connectivity index (χ4v) is 2.26. The number of nitrogens with two attached hydrogens (primary N) is 1. The maximum Gasteiger partial charge on any atom is 0.172 e. The molecule has 1 aromatic rings. The standard InChI is InChI=1S/C12H16ClN3O2/c1-16(9-4-5-18-7-9)11-6-8(13)2-3-10(11)12(14)15-17/h2-3,6,9,17H,4-5,7H2,1H3,(H2,14,15). The number of anilines is 1. The topological polar surface area (TPSA) is 71.1 Å². The number of oxime groups is 1. The summed E-state index contributed by atoms with van der Waals surface area (Å²) in [4.78, 5) is 2.06. The van der Waals surface area contributed by atoms with E-state index in [4.69, 9.17) is 27.3 Å². The molecular formula is C12H16ClN3O2. The van der Waals surface area contributed by atoms with Gasteiger partial charge in [0.25, 0.3) is 0 Å². The normalized spacial score (nSPS) is 20.1. The highest BCUT2D eigenvalue weighted by Gasteiger charge is 2.23. The summed E-state index contributed by atoms with van der Waals surface area (Å²) in [6.07, 6.45) is 0.957. The van der Waals surface area contributed by atoms with E-state index in [1.807, 2.05) is 13.1 Å². The van der Waals surface area contributed by atoms with Gasteiger partial charge in [-0.3, -0.25) is 0 Å². The number of halogens is 1. The van der Waals surface area contributed by atoms with E-state index in [-0.39, 0.29) is 11.9 Å². The van der Waals surface area contributed by atoms with Gasteiger partial charge in [-0.05, 0) is 24.6 Å². The van der Waals surface area contributed by atoms with Crippen molar-refractivity contribution in [1.29, 1.82) is 0 Å². The van der Waals surface area contributed by atoms with Crippen LogP contribution in [0.5, 0.6) is 0 Å². The van der Waals surface area contributed by atoms with Gasteiger partial charge in [-0.25, -0.2) is 0 Å². The summed E-state index contributed by atoms with van der Waals surface area (Å²) in [5, 5.41) is 12.5. The van der Waals surface area contributed by atoms with Crippen LogP contribution in [-0.4, -0.2) is 37.3 Å². The first-order valence-electron chi connectivity index (χ1n) is 5.71. The largest absolute Gasteiger partial charge is 0.409 e. The zero-order valence-electron chi connectivity index (χ0n) is 10.1. The quantitative estimate of drug-likeness (QED) is 0.379. The van der Waals surface area contributed by atoms with E-state index in [1.165, 1.54) is 0 Å². The molecule has 1 aliphatic heterocycles. The molecule has 1 atom stereocenters. The number of benzene rings is 1. The molecule has 6 heteroatoms. The second-order valence-corrected chi connectivity index (χ2v) is 4.71. The lowest BCUT2D eigenvalue weighted by atomic mass is 10.1. The van der Waals surface area contributed by atoms with Crippen molar-refractivity contribution in [1.82, 2.24) is 0 Å². The van der Waals surface area contributed by atoms with Crippen LogP contribution in [0.4, 0.5) is 5.69 Å². The lowest BCUT2D eigenvalue weighted by Gasteiger charge is -2.27. The molecule has 0 aromatic heterocycles. The molecule has 3 N–H and O–H groups in total. The van der Waals surface area contributed by atoms with Crippen molar-refractivity contribution in [2.45, 2.75) is 12.5 Å². The predicted octanol–water partition coefficient (Wildman–Crippen LogP) is 1.66. The molecule has 0 radical (unpaired) electrons. The Kier molecular flexibility index (Phi) is 3.93. The number of hydrogen-bond donors (Lipinski definition) is 2. The van der Waals surface area contributed by atoms with Crippen LogP contribution in [0.3, 0.4) is 0 Å². The highest BCUT2D eigenvalue weighted by atomic mass is 35.5. The van der Waals surface area contributed by atoms with Crippen LogP contribution >= 0.6 is 11.6 Å². The molecule has 1 heterocycles. The molecule has 0 bridgehead atoms. The Labute approximate surface area is 111 Å². The monoisotopic (exact) mass is 269 g/mol. The number of nitrogens with zero attached hydrogens (tertiary/aromatic N) is 2. The Morgan fingerprint density at radius 2 is 2.39 bits per heavy atom. The van der Waals surface area contributed by atoms with Crippen LogP contribution in [0, 0.1) is 0 Å². The Balaban J connectivity index is 2.37. The summed E-state index contributed by atoms with van der Waals surface area (Å²) < 4.78 is 5.37. The Bertz CT molecular complexity index is 459. The SMILES string of the molecule is CN(c1cc(Cl)ccc1/C(N)=N/O)C1CCOC1. The highest BCUT2D eigenvalue weighted by molar-refractivity contribution is 6.31. The van der Waals surface area contributed by atoms with Crippen LogP contribution in [0.15, 0.2) is 23.4 Å². The average Bonchev–Trinajstić information content (AvgIpc) is 2.90. The smallest absolute Gasteiger partial charge is 0.172 e.